The number of aromatic hydroxyl groups is 1. The Morgan fingerprint density at radius 1 is 1.62 bits per heavy atom. The Bertz CT molecular complexity index is 348. The molecule has 0 saturated heterocycles. The molecule has 0 heterocycles. The Balaban J connectivity index is 3.56. The molecule has 13 heavy (non-hydrogen) atoms. The summed E-state index contributed by atoms with van der Waals surface area (Å²) in [5, 5.41) is 9.44. The number of phenolic OH excluding ortho intramolecular Hbond substituents is 1. The van der Waals surface area contributed by atoms with Crippen molar-refractivity contribution in [2.45, 2.75) is 13.8 Å². The molecule has 1 aromatic carbocycles. The third kappa shape index (κ3) is 1.72. The van der Waals surface area contributed by atoms with Gasteiger partial charge in [-0.3, -0.25) is 4.79 Å². The van der Waals surface area contributed by atoms with Crippen molar-refractivity contribution < 1.29 is 14.3 Å². The number of carbonyl (C=O) groups is 1. The number of halogens is 2. The summed E-state index contributed by atoms with van der Waals surface area (Å²) >= 11 is 2.96. The predicted molar refractivity (Wildman–Crippen MR) is 50.5 cm³/mol. The fourth-order valence-electron chi connectivity index (χ4n) is 1.14. The van der Waals surface area contributed by atoms with Gasteiger partial charge in [0.15, 0.2) is 5.78 Å². The van der Waals surface area contributed by atoms with Crippen molar-refractivity contribution in [1.82, 2.24) is 0 Å². The number of hydrogen-bond donors (Lipinski definition) is 1. The van der Waals surface area contributed by atoms with Crippen molar-refractivity contribution in [3.05, 3.63) is 27.5 Å². The Morgan fingerprint density at radius 2 is 2.15 bits per heavy atom. The van der Waals surface area contributed by atoms with Gasteiger partial charge >= 0.3 is 0 Å². The number of hydrogen-bond acceptors (Lipinski definition) is 2. The van der Waals surface area contributed by atoms with E-state index in [-0.39, 0.29) is 27.1 Å². The lowest BCUT2D eigenvalue weighted by molar-refractivity contribution is 0.101. The molecule has 0 bridgehead atoms. The fourth-order valence-corrected chi connectivity index (χ4v) is 1.53. The molecule has 0 spiro atoms. The van der Waals surface area contributed by atoms with E-state index in [1.165, 1.54) is 13.8 Å². The van der Waals surface area contributed by atoms with E-state index < -0.39 is 5.82 Å². The Hall–Kier alpha value is -0.900. The minimum Gasteiger partial charge on any atom is -0.506 e. The Morgan fingerprint density at radius 3 is 2.62 bits per heavy atom. The largest absolute Gasteiger partial charge is 0.506 e. The van der Waals surface area contributed by atoms with Gasteiger partial charge in [0, 0.05) is 0 Å². The first kappa shape index (κ1) is 10.2. The summed E-state index contributed by atoms with van der Waals surface area (Å²) in [5.74, 6) is -1.06. The highest BCUT2D eigenvalue weighted by Crippen LogP contribution is 2.32. The number of rotatable bonds is 1. The quantitative estimate of drug-likeness (QED) is 0.774. The van der Waals surface area contributed by atoms with Crippen molar-refractivity contribution in [3.63, 3.8) is 0 Å². The van der Waals surface area contributed by atoms with Crippen LogP contribution in [-0.2, 0) is 0 Å². The van der Waals surface area contributed by atoms with Gasteiger partial charge in [0.05, 0.1) is 10.0 Å². The smallest absolute Gasteiger partial charge is 0.163 e. The van der Waals surface area contributed by atoms with Gasteiger partial charge < -0.3 is 5.11 Å². The normalized spacial score (nSPS) is 10.2. The Kier molecular flexibility index (Phi) is 2.71. The zero-order valence-corrected chi connectivity index (χ0v) is 8.77. The zero-order valence-electron chi connectivity index (χ0n) is 7.19. The topological polar surface area (TPSA) is 37.3 Å². The molecular weight excluding hydrogens is 239 g/mol. The van der Waals surface area contributed by atoms with Gasteiger partial charge in [0.25, 0.3) is 0 Å². The maximum absolute atomic E-state index is 13.1. The van der Waals surface area contributed by atoms with Crippen LogP contribution in [0.25, 0.3) is 0 Å². The van der Waals surface area contributed by atoms with E-state index in [4.69, 9.17) is 0 Å². The van der Waals surface area contributed by atoms with Gasteiger partial charge in [-0.15, -0.1) is 0 Å². The minimum absolute atomic E-state index is 0.0341. The van der Waals surface area contributed by atoms with E-state index in [1.807, 2.05) is 0 Å². The molecule has 4 heteroatoms. The zero-order chi connectivity index (χ0) is 10.2. The third-order valence-electron chi connectivity index (χ3n) is 1.80. The minimum atomic E-state index is -0.505. The highest BCUT2D eigenvalue weighted by Gasteiger charge is 2.16. The number of Topliss-reactive ketones (excluding diaryl/α,β-unsaturated/α-hetero) is 1. The van der Waals surface area contributed by atoms with Gasteiger partial charge in [-0.25, -0.2) is 4.39 Å². The Labute approximate surface area is 83.5 Å². The van der Waals surface area contributed by atoms with Gasteiger partial charge in [0.2, 0.25) is 0 Å². The third-order valence-corrected chi connectivity index (χ3v) is 2.41. The van der Waals surface area contributed by atoms with Crippen molar-refractivity contribution in [1.29, 1.82) is 0 Å². The van der Waals surface area contributed by atoms with E-state index in [2.05, 4.69) is 15.9 Å². The second-order valence-electron chi connectivity index (χ2n) is 2.75. The molecule has 1 aromatic rings. The van der Waals surface area contributed by atoms with E-state index in [0.29, 0.717) is 0 Å². The van der Waals surface area contributed by atoms with Gasteiger partial charge in [-0.05, 0) is 41.4 Å². The van der Waals surface area contributed by atoms with Crippen molar-refractivity contribution in [2.24, 2.45) is 0 Å². The summed E-state index contributed by atoms with van der Waals surface area (Å²) in [6.45, 7) is 2.74. The molecule has 1 rings (SSSR count). The van der Waals surface area contributed by atoms with Gasteiger partial charge in [-0.1, -0.05) is 0 Å². The highest BCUT2D eigenvalue weighted by atomic mass is 79.9. The summed E-state index contributed by atoms with van der Waals surface area (Å²) in [6.07, 6.45) is 0. The molecule has 0 unspecified atom stereocenters. The molecule has 0 aliphatic rings. The molecule has 0 aromatic heterocycles. The van der Waals surface area contributed by atoms with E-state index in [0.717, 1.165) is 6.07 Å². The molecule has 1 N–H and O–H groups in total. The van der Waals surface area contributed by atoms with Crippen LogP contribution in [0.1, 0.15) is 22.8 Å². The van der Waals surface area contributed by atoms with Crippen LogP contribution >= 0.6 is 15.9 Å². The van der Waals surface area contributed by atoms with Gasteiger partial charge in [-0.2, -0.15) is 0 Å². The summed E-state index contributed by atoms with van der Waals surface area (Å²) < 4.78 is 13.3. The van der Waals surface area contributed by atoms with Crippen LogP contribution < -0.4 is 0 Å². The van der Waals surface area contributed by atoms with Crippen molar-refractivity contribution in [2.75, 3.05) is 0 Å². The fraction of sp³-hybridized carbons (Fsp3) is 0.222. The summed E-state index contributed by atoms with van der Waals surface area (Å²) in [5.41, 5.74) is 0.208. The monoisotopic (exact) mass is 246 g/mol. The first-order valence-corrected chi connectivity index (χ1v) is 4.43. The number of carbonyl (C=O) groups excluding carboxylic acids is 1. The highest BCUT2D eigenvalue weighted by molar-refractivity contribution is 9.10. The van der Waals surface area contributed by atoms with E-state index in [1.54, 1.807) is 0 Å². The lowest BCUT2D eigenvalue weighted by Crippen LogP contribution is -2.00. The maximum Gasteiger partial charge on any atom is 0.163 e. The first-order chi connectivity index (χ1) is 5.95. The summed E-state index contributed by atoms with van der Waals surface area (Å²) in [7, 11) is 0. The van der Waals surface area contributed by atoms with Crippen LogP contribution in [0.2, 0.25) is 0 Å². The number of benzene rings is 1. The molecular formula is C9H8BrFO2. The number of phenols is 1. The predicted octanol–water partition coefficient (Wildman–Crippen LogP) is 2.80. The summed E-state index contributed by atoms with van der Waals surface area (Å²) in [6, 6.07) is 1.14. The lowest BCUT2D eigenvalue weighted by atomic mass is 10.0. The molecule has 0 radical (unpaired) electrons. The van der Waals surface area contributed by atoms with E-state index >= 15 is 0 Å². The molecule has 0 atom stereocenters. The standard InChI is InChI=1S/C9H8BrFO2/c1-4-7(11)3-6(10)9(13)8(4)5(2)12/h3,13H,1-2H3. The maximum atomic E-state index is 13.1. The number of ketones is 1. The van der Waals surface area contributed by atoms with Crippen LogP contribution in [0, 0.1) is 12.7 Å². The second-order valence-corrected chi connectivity index (χ2v) is 3.60. The van der Waals surface area contributed by atoms with Crippen LogP contribution in [0.3, 0.4) is 0 Å². The van der Waals surface area contributed by atoms with E-state index in [9.17, 15) is 14.3 Å². The van der Waals surface area contributed by atoms with Gasteiger partial charge in [0.1, 0.15) is 11.6 Å². The average molecular weight is 247 g/mol. The lowest BCUT2D eigenvalue weighted by Gasteiger charge is -2.07. The molecule has 0 fully saturated rings. The van der Waals surface area contributed by atoms with Crippen LogP contribution in [0.4, 0.5) is 4.39 Å². The molecule has 70 valence electrons. The van der Waals surface area contributed by atoms with Crippen molar-refractivity contribution in [3.8, 4) is 5.75 Å². The SMILES string of the molecule is CC(=O)c1c(C)c(F)cc(Br)c1O. The molecule has 0 amide bonds. The van der Waals surface area contributed by atoms with Crippen LogP contribution in [-0.4, -0.2) is 10.9 Å². The average Bonchev–Trinajstić information content (AvgIpc) is 2.01. The first-order valence-electron chi connectivity index (χ1n) is 3.63. The molecule has 0 aliphatic heterocycles. The summed E-state index contributed by atoms with van der Waals surface area (Å²) in [4.78, 5) is 11.0. The molecule has 2 nitrogen and oxygen atoms in total. The van der Waals surface area contributed by atoms with Crippen molar-refractivity contribution >= 4 is 21.7 Å². The molecule has 0 aliphatic carbocycles. The second kappa shape index (κ2) is 3.46. The van der Waals surface area contributed by atoms with Crippen LogP contribution in [0.15, 0.2) is 10.5 Å². The van der Waals surface area contributed by atoms with Crippen LogP contribution in [0.5, 0.6) is 5.75 Å². The molecule has 0 saturated carbocycles.